The zero-order valence-corrected chi connectivity index (χ0v) is 10.8. The number of hydrogen-bond acceptors (Lipinski definition) is 3. The number of rotatable bonds is 4. The van der Waals surface area contributed by atoms with E-state index in [9.17, 15) is 14.7 Å². The van der Waals surface area contributed by atoms with E-state index in [-0.39, 0.29) is 18.9 Å². The van der Waals surface area contributed by atoms with Gasteiger partial charge in [-0.2, -0.15) is 0 Å². The minimum Gasteiger partial charge on any atom is -0.480 e. The van der Waals surface area contributed by atoms with Crippen LogP contribution in [0, 0.1) is 0 Å². The molecule has 1 saturated heterocycles. The molecule has 0 spiro atoms. The van der Waals surface area contributed by atoms with E-state index in [1.807, 2.05) is 11.5 Å². The van der Waals surface area contributed by atoms with Gasteiger partial charge in [-0.1, -0.05) is 6.92 Å². The number of aliphatic hydroxyl groups is 1. The Kier molecular flexibility index (Phi) is 3.90. The van der Waals surface area contributed by atoms with Crippen LogP contribution in [0.3, 0.4) is 0 Å². The lowest BCUT2D eigenvalue weighted by Crippen LogP contribution is -2.41. The molecule has 2 heterocycles. The molecule has 104 valence electrons. The van der Waals surface area contributed by atoms with Gasteiger partial charge in [-0.25, -0.2) is 4.79 Å². The Balaban J connectivity index is 2.22. The highest BCUT2D eigenvalue weighted by atomic mass is 16.4. The fraction of sp³-hybridized carbons (Fsp3) is 0.538. The van der Waals surface area contributed by atoms with Crippen LogP contribution in [0.1, 0.15) is 30.3 Å². The molecule has 2 N–H and O–H groups in total. The Labute approximate surface area is 111 Å². The van der Waals surface area contributed by atoms with Gasteiger partial charge in [0.15, 0.2) is 0 Å². The number of likely N-dealkylation sites (tertiary alicyclic amines) is 1. The Morgan fingerprint density at radius 3 is 2.84 bits per heavy atom. The summed E-state index contributed by atoms with van der Waals surface area (Å²) in [6, 6.07) is 2.51. The van der Waals surface area contributed by atoms with Gasteiger partial charge in [-0.15, -0.1) is 0 Å². The minimum absolute atomic E-state index is 0.0765. The first kappa shape index (κ1) is 13.6. The third kappa shape index (κ3) is 2.63. The number of aliphatic hydroxyl groups excluding tert-OH is 1. The van der Waals surface area contributed by atoms with Crippen molar-refractivity contribution < 1.29 is 19.8 Å². The molecule has 0 radical (unpaired) electrons. The van der Waals surface area contributed by atoms with Gasteiger partial charge in [0, 0.05) is 25.7 Å². The number of nitrogens with zero attached hydrogens (tertiary/aromatic N) is 2. The number of aromatic nitrogens is 1. The third-order valence-corrected chi connectivity index (χ3v) is 3.34. The zero-order valence-electron chi connectivity index (χ0n) is 10.8. The number of aryl methyl sites for hydroxylation is 1. The van der Waals surface area contributed by atoms with Crippen molar-refractivity contribution in [2.45, 2.75) is 38.5 Å². The second-order valence-electron chi connectivity index (χ2n) is 4.79. The maximum absolute atomic E-state index is 12.4. The van der Waals surface area contributed by atoms with Gasteiger partial charge in [-0.3, -0.25) is 4.79 Å². The predicted octanol–water partition coefficient (Wildman–Crippen LogP) is 0.558. The average Bonchev–Trinajstić information content (AvgIpc) is 2.95. The largest absolute Gasteiger partial charge is 0.480 e. The van der Waals surface area contributed by atoms with Crippen molar-refractivity contribution in [3.05, 3.63) is 24.0 Å². The molecule has 1 aliphatic heterocycles. The van der Waals surface area contributed by atoms with Gasteiger partial charge in [-0.05, 0) is 18.6 Å². The van der Waals surface area contributed by atoms with Crippen LogP contribution < -0.4 is 0 Å². The quantitative estimate of drug-likeness (QED) is 0.834. The molecule has 1 amide bonds. The molecule has 6 heteroatoms. The first-order valence-corrected chi connectivity index (χ1v) is 6.41. The van der Waals surface area contributed by atoms with Crippen LogP contribution in [0.4, 0.5) is 0 Å². The summed E-state index contributed by atoms with van der Waals surface area (Å²) in [5.74, 6) is -1.40. The average molecular weight is 266 g/mol. The van der Waals surface area contributed by atoms with Crippen molar-refractivity contribution in [2.75, 3.05) is 6.54 Å². The molecule has 2 rings (SSSR count). The van der Waals surface area contributed by atoms with Crippen LogP contribution in [-0.4, -0.2) is 50.2 Å². The van der Waals surface area contributed by atoms with E-state index in [2.05, 4.69) is 0 Å². The van der Waals surface area contributed by atoms with Crippen molar-refractivity contribution in [1.82, 2.24) is 9.47 Å². The molecule has 0 unspecified atom stereocenters. The van der Waals surface area contributed by atoms with Gasteiger partial charge in [0.25, 0.3) is 5.91 Å². The lowest BCUT2D eigenvalue weighted by atomic mass is 10.2. The summed E-state index contributed by atoms with van der Waals surface area (Å²) in [5.41, 5.74) is 0.474. The minimum atomic E-state index is -1.07. The SMILES string of the molecule is CCCn1cccc1C(=O)N1C[C@@H](O)C[C@H]1C(=O)O. The van der Waals surface area contributed by atoms with Crippen molar-refractivity contribution in [3.8, 4) is 0 Å². The molecule has 2 atom stereocenters. The Bertz CT molecular complexity index is 483. The molecular weight excluding hydrogens is 248 g/mol. The Hall–Kier alpha value is -1.82. The van der Waals surface area contributed by atoms with Crippen molar-refractivity contribution in [1.29, 1.82) is 0 Å². The van der Waals surface area contributed by atoms with Crippen LogP contribution >= 0.6 is 0 Å². The fourth-order valence-corrected chi connectivity index (χ4v) is 2.46. The van der Waals surface area contributed by atoms with Crippen LogP contribution in [0.25, 0.3) is 0 Å². The van der Waals surface area contributed by atoms with Crippen LogP contribution in [0.2, 0.25) is 0 Å². The molecule has 19 heavy (non-hydrogen) atoms. The number of aliphatic carboxylic acids is 1. The summed E-state index contributed by atoms with van der Waals surface area (Å²) in [5, 5.41) is 18.7. The highest BCUT2D eigenvalue weighted by Crippen LogP contribution is 2.21. The van der Waals surface area contributed by atoms with Gasteiger partial charge in [0.2, 0.25) is 0 Å². The number of hydrogen-bond donors (Lipinski definition) is 2. The number of carboxylic acids is 1. The van der Waals surface area contributed by atoms with Crippen LogP contribution in [0.5, 0.6) is 0 Å². The first-order valence-electron chi connectivity index (χ1n) is 6.41. The molecular formula is C13H18N2O4. The van der Waals surface area contributed by atoms with Crippen molar-refractivity contribution >= 4 is 11.9 Å². The van der Waals surface area contributed by atoms with Crippen LogP contribution in [0.15, 0.2) is 18.3 Å². The fourth-order valence-electron chi connectivity index (χ4n) is 2.46. The monoisotopic (exact) mass is 266 g/mol. The van der Waals surface area contributed by atoms with E-state index < -0.39 is 18.1 Å². The van der Waals surface area contributed by atoms with E-state index in [4.69, 9.17) is 5.11 Å². The topological polar surface area (TPSA) is 82.8 Å². The highest BCUT2D eigenvalue weighted by Gasteiger charge is 2.39. The standard InChI is InChI=1S/C13H18N2O4/c1-2-5-14-6-3-4-10(14)12(17)15-8-9(16)7-11(15)13(18)19/h3-4,6,9,11,16H,2,5,7-8H2,1H3,(H,18,19)/t9-,11-/m0/s1. The molecule has 1 aromatic rings. The molecule has 6 nitrogen and oxygen atoms in total. The number of carbonyl (C=O) groups excluding carboxylic acids is 1. The highest BCUT2D eigenvalue weighted by molar-refractivity contribution is 5.95. The summed E-state index contributed by atoms with van der Waals surface area (Å²) in [7, 11) is 0. The van der Waals surface area contributed by atoms with E-state index in [0.717, 1.165) is 6.42 Å². The van der Waals surface area contributed by atoms with E-state index in [1.165, 1.54) is 4.90 Å². The maximum Gasteiger partial charge on any atom is 0.326 e. The van der Waals surface area contributed by atoms with Crippen LogP contribution in [-0.2, 0) is 11.3 Å². The van der Waals surface area contributed by atoms with Crippen molar-refractivity contribution in [3.63, 3.8) is 0 Å². The van der Waals surface area contributed by atoms with Gasteiger partial charge in [0.05, 0.1) is 6.10 Å². The zero-order chi connectivity index (χ0) is 14.0. The van der Waals surface area contributed by atoms with E-state index in [1.54, 1.807) is 18.3 Å². The summed E-state index contributed by atoms with van der Waals surface area (Å²) in [6.07, 6.45) is 2.02. The van der Waals surface area contributed by atoms with Crippen molar-refractivity contribution in [2.24, 2.45) is 0 Å². The second-order valence-corrected chi connectivity index (χ2v) is 4.79. The predicted molar refractivity (Wildman–Crippen MR) is 67.8 cm³/mol. The van der Waals surface area contributed by atoms with E-state index >= 15 is 0 Å². The normalized spacial score (nSPS) is 22.7. The van der Waals surface area contributed by atoms with Gasteiger partial charge >= 0.3 is 5.97 Å². The number of carbonyl (C=O) groups is 2. The molecule has 1 fully saturated rings. The number of amides is 1. The molecule has 0 bridgehead atoms. The molecule has 0 saturated carbocycles. The summed E-state index contributed by atoms with van der Waals surface area (Å²) >= 11 is 0. The number of β-amino-alcohol motifs (C(OH)–C–C–N with tert-alkyl or cyclic N) is 1. The van der Waals surface area contributed by atoms with E-state index in [0.29, 0.717) is 12.2 Å². The molecule has 0 aliphatic carbocycles. The summed E-state index contributed by atoms with van der Waals surface area (Å²) in [4.78, 5) is 24.8. The lowest BCUT2D eigenvalue weighted by molar-refractivity contribution is -0.141. The summed E-state index contributed by atoms with van der Waals surface area (Å²) in [6.45, 7) is 2.79. The smallest absolute Gasteiger partial charge is 0.326 e. The Morgan fingerprint density at radius 1 is 1.47 bits per heavy atom. The third-order valence-electron chi connectivity index (χ3n) is 3.34. The van der Waals surface area contributed by atoms with Gasteiger partial charge < -0.3 is 19.7 Å². The summed E-state index contributed by atoms with van der Waals surface area (Å²) < 4.78 is 1.81. The maximum atomic E-state index is 12.4. The Morgan fingerprint density at radius 2 is 2.21 bits per heavy atom. The lowest BCUT2D eigenvalue weighted by Gasteiger charge is -2.21. The molecule has 1 aliphatic rings. The second kappa shape index (κ2) is 5.44. The first-order chi connectivity index (χ1) is 9.04. The number of carboxylic acid groups (broad SMARTS) is 1. The van der Waals surface area contributed by atoms with Gasteiger partial charge in [0.1, 0.15) is 11.7 Å². The molecule has 0 aromatic carbocycles. The molecule has 1 aromatic heterocycles.